The predicted molar refractivity (Wildman–Crippen MR) is 125 cm³/mol. The van der Waals surface area contributed by atoms with Crippen LogP contribution >= 0.6 is 32.9 Å². The number of aliphatic hydroxyl groups is 1. The molecule has 1 aliphatic heterocycles. The topological polar surface area (TPSA) is 113 Å². The Morgan fingerprint density at radius 1 is 1.35 bits per heavy atom. The van der Waals surface area contributed by atoms with Crippen LogP contribution in [0.3, 0.4) is 0 Å². The van der Waals surface area contributed by atoms with E-state index in [1.807, 2.05) is 40.9 Å². The van der Waals surface area contributed by atoms with Crippen LogP contribution in [0, 0.1) is 13.8 Å². The van der Waals surface area contributed by atoms with Gasteiger partial charge in [-0.2, -0.15) is 4.57 Å². The first-order valence-electron chi connectivity index (χ1n) is 10.1. The number of unbranched alkanes of at least 4 members (excludes halogenated alkanes) is 1. The summed E-state index contributed by atoms with van der Waals surface area (Å²) < 4.78 is 2.11. The largest absolute Gasteiger partial charge is 1.00 e. The van der Waals surface area contributed by atoms with Gasteiger partial charge in [0.15, 0.2) is 12.2 Å². The number of carboxylic acids is 1. The Morgan fingerprint density at radius 3 is 2.74 bits per heavy atom. The molecular formula is C20H31ClN4O3S3. The highest BCUT2D eigenvalue weighted by molar-refractivity contribution is 8.77. The van der Waals surface area contributed by atoms with Crippen LogP contribution in [0.2, 0.25) is 0 Å². The average Bonchev–Trinajstić information content (AvgIpc) is 3.33. The van der Waals surface area contributed by atoms with Gasteiger partial charge in [0.05, 0.1) is 10.4 Å². The Bertz CT molecular complexity index is 817. The van der Waals surface area contributed by atoms with Gasteiger partial charge in [0, 0.05) is 43.6 Å². The molecule has 1 unspecified atom stereocenters. The van der Waals surface area contributed by atoms with E-state index in [0.29, 0.717) is 31.0 Å². The molecule has 1 saturated heterocycles. The number of aliphatic carboxylic acids is 1. The monoisotopic (exact) mass is 506 g/mol. The van der Waals surface area contributed by atoms with E-state index in [1.165, 1.54) is 23.5 Å². The molecule has 0 aliphatic carbocycles. The summed E-state index contributed by atoms with van der Waals surface area (Å²) in [7, 11) is 3.92. The van der Waals surface area contributed by atoms with Crippen molar-refractivity contribution in [1.82, 2.24) is 9.97 Å². The molecule has 7 nitrogen and oxygen atoms in total. The number of aliphatic hydroxyl groups excluding tert-OH is 1. The number of nitrogens with zero attached hydrogens (tertiary/aromatic N) is 3. The van der Waals surface area contributed by atoms with Crippen LogP contribution in [0.5, 0.6) is 0 Å². The maximum Gasteiger partial charge on any atom is 0.303 e. The zero-order valence-electron chi connectivity index (χ0n) is 17.9. The summed E-state index contributed by atoms with van der Waals surface area (Å²) in [5.41, 5.74) is 10.0. The molecule has 0 spiro atoms. The van der Waals surface area contributed by atoms with E-state index < -0.39 is 5.97 Å². The number of anilines is 1. The maximum atomic E-state index is 10.2. The highest BCUT2D eigenvalue weighted by Crippen LogP contribution is 2.39. The molecule has 31 heavy (non-hydrogen) atoms. The summed E-state index contributed by atoms with van der Waals surface area (Å²) in [5, 5.41) is 18.2. The smallest absolute Gasteiger partial charge is 0.303 e. The van der Waals surface area contributed by atoms with E-state index >= 15 is 0 Å². The molecule has 0 radical (unpaired) electrons. The van der Waals surface area contributed by atoms with Crippen LogP contribution < -0.4 is 22.7 Å². The van der Waals surface area contributed by atoms with E-state index in [0.717, 1.165) is 29.3 Å². The Kier molecular flexibility index (Phi) is 13.4. The van der Waals surface area contributed by atoms with E-state index in [2.05, 4.69) is 14.5 Å². The molecular weight excluding hydrogens is 476 g/mol. The van der Waals surface area contributed by atoms with Crippen LogP contribution in [-0.2, 0) is 17.8 Å². The first-order chi connectivity index (χ1) is 14.4. The summed E-state index contributed by atoms with van der Waals surface area (Å²) in [6, 6.07) is 0. The number of carbonyl (C=O) groups is 1. The number of nitrogens with two attached hydrogens (primary N) is 1. The Hall–Kier alpha value is -1.07. The summed E-state index contributed by atoms with van der Waals surface area (Å²) in [6.45, 7) is 4.71. The molecule has 3 rings (SSSR count). The Balaban J connectivity index is 0.000000324. The number of thiazole rings is 1. The van der Waals surface area contributed by atoms with Crippen LogP contribution in [0.1, 0.15) is 54.1 Å². The second-order valence-corrected chi connectivity index (χ2v) is 10.9. The standard InChI is InChI=1S/C12H17N4OS.C8H14O2S2.ClH/c1-8-11(3-4-17)18-7-16(8)6-10-5-14-9(2)15-12(10)13;9-8(10)4-2-1-3-7-5-6-11-12-7;/h5,7,17H,3-4,6H2,1-2H3,(H2,13,14,15);7H,1-6H2,(H,9,10);1H/q+1;;/p-1. The predicted octanol–water partition coefficient (Wildman–Crippen LogP) is 0.397. The lowest BCUT2D eigenvalue weighted by atomic mass is 10.1. The van der Waals surface area contributed by atoms with Crippen molar-refractivity contribution in [2.24, 2.45) is 0 Å². The minimum absolute atomic E-state index is 0. The van der Waals surface area contributed by atoms with E-state index in [-0.39, 0.29) is 19.0 Å². The summed E-state index contributed by atoms with van der Waals surface area (Å²) >= 11 is 1.65. The summed E-state index contributed by atoms with van der Waals surface area (Å²) in [6.07, 6.45) is 7.23. The van der Waals surface area contributed by atoms with Crippen molar-refractivity contribution in [3.8, 4) is 0 Å². The molecule has 174 valence electrons. The lowest BCUT2D eigenvalue weighted by molar-refractivity contribution is -0.689. The van der Waals surface area contributed by atoms with Gasteiger partial charge >= 0.3 is 5.97 Å². The van der Waals surface area contributed by atoms with Gasteiger partial charge in [-0.05, 0) is 26.2 Å². The quantitative estimate of drug-likeness (QED) is 0.254. The molecule has 1 atom stereocenters. The third kappa shape index (κ3) is 9.95. The van der Waals surface area contributed by atoms with Crippen molar-refractivity contribution in [3.05, 3.63) is 33.7 Å². The lowest BCUT2D eigenvalue weighted by Crippen LogP contribution is -3.00. The fourth-order valence-corrected chi connectivity index (χ4v) is 6.99. The highest BCUT2D eigenvalue weighted by Gasteiger charge is 2.17. The Morgan fingerprint density at radius 2 is 2.13 bits per heavy atom. The fourth-order valence-electron chi connectivity index (χ4n) is 2.98. The van der Waals surface area contributed by atoms with Crippen molar-refractivity contribution in [2.45, 2.75) is 64.2 Å². The van der Waals surface area contributed by atoms with Crippen molar-refractivity contribution >= 4 is 44.7 Å². The first kappa shape index (κ1) is 28.0. The number of rotatable bonds is 9. The molecule has 4 N–H and O–H groups in total. The number of nitrogen functional groups attached to an aromatic ring is 1. The molecule has 2 aromatic rings. The van der Waals surface area contributed by atoms with Gasteiger partial charge in [-0.1, -0.05) is 39.3 Å². The lowest BCUT2D eigenvalue weighted by Gasteiger charge is -2.04. The molecule has 0 amide bonds. The van der Waals surface area contributed by atoms with Crippen LogP contribution in [0.25, 0.3) is 0 Å². The summed E-state index contributed by atoms with van der Waals surface area (Å²) in [4.78, 5) is 19.7. The number of aryl methyl sites for hydroxylation is 1. The second-order valence-electron chi connectivity index (χ2n) is 7.13. The minimum atomic E-state index is -0.663. The maximum absolute atomic E-state index is 10.2. The number of halogens is 1. The number of aromatic nitrogens is 3. The van der Waals surface area contributed by atoms with Gasteiger partial charge in [0.25, 0.3) is 0 Å². The van der Waals surface area contributed by atoms with Crippen LogP contribution in [-0.4, -0.2) is 43.8 Å². The van der Waals surface area contributed by atoms with Gasteiger partial charge in [-0.25, -0.2) is 9.97 Å². The SMILES string of the molecule is Cc1ncc(C[n+]2csc(CCO)c2C)c(N)n1.O=C(O)CCCCC1CCSS1.[Cl-]. The first-order valence-corrected chi connectivity index (χ1v) is 13.3. The van der Waals surface area contributed by atoms with Crippen LogP contribution in [0.4, 0.5) is 5.82 Å². The van der Waals surface area contributed by atoms with Crippen LogP contribution in [0.15, 0.2) is 11.7 Å². The van der Waals surface area contributed by atoms with Gasteiger partial charge < -0.3 is 28.4 Å². The van der Waals surface area contributed by atoms with E-state index in [1.54, 1.807) is 17.5 Å². The zero-order chi connectivity index (χ0) is 21.9. The number of hydrogen-bond donors (Lipinski definition) is 3. The molecule has 0 aromatic carbocycles. The van der Waals surface area contributed by atoms with E-state index in [4.69, 9.17) is 15.9 Å². The number of carboxylic acid groups (broad SMARTS) is 1. The molecule has 0 bridgehead atoms. The third-order valence-corrected chi connectivity index (χ3v) is 8.90. The van der Waals surface area contributed by atoms with Crippen molar-refractivity contribution in [1.29, 1.82) is 0 Å². The molecule has 1 fully saturated rings. The summed E-state index contributed by atoms with van der Waals surface area (Å²) in [5.74, 6) is 1.82. The molecule has 2 aromatic heterocycles. The molecule has 11 heteroatoms. The molecule has 0 saturated carbocycles. The minimum Gasteiger partial charge on any atom is -1.00 e. The number of hydrogen-bond acceptors (Lipinski definition) is 8. The van der Waals surface area contributed by atoms with Gasteiger partial charge in [-0.15, -0.1) is 0 Å². The Labute approximate surface area is 202 Å². The van der Waals surface area contributed by atoms with Gasteiger partial charge in [-0.3, -0.25) is 4.79 Å². The third-order valence-electron chi connectivity index (χ3n) is 4.75. The fraction of sp³-hybridized carbons (Fsp3) is 0.600. The van der Waals surface area contributed by atoms with Gasteiger partial charge in [0.1, 0.15) is 11.6 Å². The van der Waals surface area contributed by atoms with Crippen molar-refractivity contribution < 1.29 is 32.0 Å². The average molecular weight is 507 g/mol. The zero-order valence-corrected chi connectivity index (χ0v) is 21.1. The molecule has 3 heterocycles. The van der Waals surface area contributed by atoms with Crippen molar-refractivity contribution in [3.63, 3.8) is 0 Å². The van der Waals surface area contributed by atoms with E-state index in [9.17, 15) is 4.79 Å². The molecule has 1 aliphatic rings. The van der Waals surface area contributed by atoms with Crippen molar-refractivity contribution in [2.75, 3.05) is 18.1 Å². The second kappa shape index (κ2) is 14.9. The highest BCUT2D eigenvalue weighted by atomic mass is 35.5. The normalized spacial score (nSPS) is 15.1. The van der Waals surface area contributed by atoms with Gasteiger partial charge in [0.2, 0.25) is 5.51 Å².